The fourth-order valence-electron chi connectivity index (χ4n) is 5.16. The molecule has 3 aromatic carbocycles. The molecular formula is C33H31N5O2. The van der Waals surface area contributed by atoms with Crippen molar-refractivity contribution in [2.75, 3.05) is 43.1 Å². The maximum absolute atomic E-state index is 12.6. The number of carbonyl (C=O) groups is 1. The monoisotopic (exact) mass is 529 g/mol. The van der Waals surface area contributed by atoms with Gasteiger partial charge in [-0.2, -0.15) is 0 Å². The van der Waals surface area contributed by atoms with Crippen LogP contribution in [0.15, 0.2) is 97.5 Å². The zero-order chi connectivity index (χ0) is 27.3. The van der Waals surface area contributed by atoms with Crippen LogP contribution in [-0.4, -0.2) is 54.0 Å². The summed E-state index contributed by atoms with van der Waals surface area (Å²) in [5.74, 6) is 1.89. The molecule has 0 N–H and O–H groups in total. The maximum Gasteiger partial charge on any atom is 0.147 e. The molecule has 0 aliphatic carbocycles. The molecule has 1 fully saturated rings. The molecule has 1 saturated heterocycles. The van der Waals surface area contributed by atoms with Gasteiger partial charge >= 0.3 is 0 Å². The van der Waals surface area contributed by atoms with Crippen LogP contribution in [0.3, 0.4) is 0 Å². The van der Waals surface area contributed by atoms with Crippen LogP contribution in [0.25, 0.3) is 22.2 Å². The van der Waals surface area contributed by atoms with Crippen molar-refractivity contribution in [3.8, 4) is 16.9 Å². The number of ketones is 1. The number of nitrogens with zero attached hydrogens (tertiary/aromatic N) is 5. The number of Topliss-reactive ketones (excluding diaryl/α,β-unsaturated/α-hetero) is 1. The van der Waals surface area contributed by atoms with Crippen LogP contribution in [0.5, 0.6) is 5.75 Å². The molecule has 0 unspecified atom stereocenters. The van der Waals surface area contributed by atoms with Crippen LogP contribution >= 0.6 is 0 Å². The van der Waals surface area contributed by atoms with Gasteiger partial charge in [0.25, 0.3) is 0 Å². The molecule has 5 aromatic rings. The van der Waals surface area contributed by atoms with E-state index in [0.717, 1.165) is 71.0 Å². The number of piperazine rings is 1. The predicted molar refractivity (Wildman–Crippen MR) is 159 cm³/mol. The summed E-state index contributed by atoms with van der Waals surface area (Å²) < 4.78 is 5.19. The minimum absolute atomic E-state index is 0.188. The zero-order valence-corrected chi connectivity index (χ0v) is 22.5. The molecule has 40 heavy (non-hydrogen) atoms. The summed E-state index contributed by atoms with van der Waals surface area (Å²) in [6.07, 6.45) is 6.38. The highest BCUT2D eigenvalue weighted by Gasteiger charge is 2.19. The van der Waals surface area contributed by atoms with Crippen molar-refractivity contribution in [2.45, 2.75) is 12.8 Å². The van der Waals surface area contributed by atoms with Crippen molar-refractivity contribution < 1.29 is 9.53 Å². The van der Waals surface area contributed by atoms with Gasteiger partial charge in [0.1, 0.15) is 17.4 Å². The number of methoxy groups -OCH3 is 1. The second-order valence-electron chi connectivity index (χ2n) is 10.0. The fourth-order valence-corrected chi connectivity index (χ4v) is 5.16. The Balaban J connectivity index is 1.11. The van der Waals surface area contributed by atoms with Gasteiger partial charge in [0.2, 0.25) is 0 Å². The van der Waals surface area contributed by atoms with E-state index in [4.69, 9.17) is 9.72 Å². The van der Waals surface area contributed by atoms with Gasteiger partial charge in [-0.3, -0.25) is 14.8 Å². The summed E-state index contributed by atoms with van der Waals surface area (Å²) in [6, 6.07) is 26.2. The SMILES string of the molecule is COc1ccc(CC(=O)Cc2ccc(-c3ccc4ncc(N5CCN(c6ccncc6)CC5)nc4c3)cc2)cc1. The standard InChI is InChI=1S/C33H31N5O2/c1-40-30-9-4-25(5-10-30)21-29(39)20-24-2-6-26(7-3-24)27-8-11-31-32(22-27)36-33(23-35-31)38-18-16-37(17-19-38)28-12-14-34-15-13-28/h2-15,22-23H,16-21H2,1H3. The Morgan fingerprint density at radius 3 is 2.05 bits per heavy atom. The minimum atomic E-state index is 0.188. The maximum atomic E-state index is 12.6. The molecule has 0 radical (unpaired) electrons. The van der Waals surface area contributed by atoms with Crippen LogP contribution in [0.1, 0.15) is 11.1 Å². The number of ether oxygens (including phenoxy) is 1. The van der Waals surface area contributed by atoms with Crippen molar-refractivity contribution in [2.24, 2.45) is 0 Å². The van der Waals surface area contributed by atoms with E-state index in [-0.39, 0.29) is 5.78 Å². The van der Waals surface area contributed by atoms with E-state index in [9.17, 15) is 4.79 Å². The molecule has 2 aromatic heterocycles. The molecule has 0 spiro atoms. The van der Waals surface area contributed by atoms with Crippen molar-refractivity contribution in [3.05, 3.63) is 109 Å². The van der Waals surface area contributed by atoms with E-state index in [2.05, 4.69) is 56.2 Å². The lowest BCUT2D eigenvalue weighted by molar-refractivity contribution is -0.117. The average Bonchev–Trinajstić information content (AvgIpc) is 3.02. The van der Waals surface area contributed by atoms with Crippen molar-refractivity contribution >= 4 is 28.3 Å². The Hall–Kier alpha value is -4.78. The van der Waals surface area contributed by atoms with E-state index in [1.807, 2.05) is 61.1 Å². The predicted octanol–water partition coefficient (Wildman–Crippen LogP) is 5.38. The first-order valence-corrected chi connectivity index (χ1v) is 13.6. The lowest BCUT2D eigenvalue weighted by Gasteiger charge is -2.36. The van der Waals surface area contributed by atoms with Gasteiger partial charge in [-0.25, -0.2) is 4.98 Å². The van der Waals surface area contributed by atoms with E-state index in [1.54, 1.807) is 7.11 Å². The van der Waals surface area contributed by atoms with Crippen LogP contribution in [0.2, 0.25) is 0 Å². The molecule has 7 heteroatoms. The number of carbonyl (C=O) groups excluding carboxylic acids is 1. The molecule has 7 nitrogen and oxygen atoms in total. The average molecular weight is 530 g/mol. The summed E-state index contributed by atoms with van der Waals surface area (Å²) in [5.41, 5.74) is 7.14. The number of aromatic nitrogens is 3. The second kappa shape index (κ2) is 11.5. The molecule has 1 aliphatic rings. The molecule has 3 heterocycles. The molecule has 0 atom stereocenters. The van der Waals surface area contributed by atoms with Crippen LogP contribution in [-0.2, 0) is 17.6 Å². The highest BCUT2D eigenvalue weighted by molar-refractivity contribution is 5.84. The first-order valence-electron chi connectivity index (χ1n) is 13.6. The fraction of sp³-hybridized carbons (Fsp3) is 0.212. The van der Waals surface area contributed by atoms with Crippen LogP contribution in [0, 0.1) is 0 Å². The first kappa shape index (κ1) is 25.5. The minimum Gasteiger partial charge on any atom is -0.497 e. The zero-order valence-electron chi connectivity index (χ0n) is 22.5. The van der Waals surface area contributed by atoms with Gasteiger partial charge in [0.05, 0.1) is 24.3 Å². The molecule has 200 valence electrons. The number of anilines is 2. The Bertz CT molecular complexity index is 1600. The summed E-state index contributed by atoms with van der Waals surface area (Å²) in [4.78, 5) is 31.1. The summed E-state index contributed by atoms with van der Waals surface area (Å²) in [6.45, 7) is 3.64. The number of benzene rings is 3. The Kier molecular flexibility index (Phi) is 7.35. The van der Waals surface area contributed by atoms with Gasteiger partial charge in [-0.05, 0) is 58.7 Å². The van der Waals surface area contributed by atoms with E-state index < -0.39 is 0 Å². The van der Waals surface area contributed by atoms with Gasteiger partial charge in [0.15, 0.2) is 0 Å². The highest BCUT2D eigenvalue weighted by Crippen LogP contribution is 2.26. The summed E-state index contributed by atoms with van der Waals surface area (Å²) in [7, 11) is 1.64. The lowest BCUT2D eigenvalue weighted by atomic mass is 9.99. The Morgan fingerprint density at radius 2 is 1.38 bits per heavy atom. The van der Waals surface area contributed by atoms with Crippen LogP contribution < -0.4 is 14.5 Å². The smallest absolute Gasteiger partial charge is 0.147 e. The van der Waals surface area contributed by atoms with Gasteiger partial charge in [-0.15, -0.1) is 0 Å². The molecular weight excluding hydrogens is 498 g/mol. The Labute approximate surface area is 234 Å². The van der Waals surface area contributed by atoms with Crippen LogP contribution in [0.4, 0.5) is 11.5 Å². The molecule has 0 amide bonds. The third kappa shape index (κ3) is 5.78. The number of hydrogen-bond acceptors (Lipinski definition) is 7. The third-order valence-electron chi connectivity index (χ3n) is 7.41. The number of pyridine rings is 1. The number of rotatable bonds is 8. The van der Waals surface area contributed by atoms with Gasteiger partial charge in [0, 0.05) is 57.1 Å². The largest absolute Gasteiger partial charge is 0.497 e. The molecule has 0 bridgehead atoms. The van der Waals surface area contributed by atoms with E-state index >= 15 is 0 Å². The first-order chi connectivity index (χ1) is 19.6. The Morgan fingerprint density at radius 1 is 0.750 bits per heavy atom. The normalized spacial score (nSPS) is 13.4. The lowest BCUT2D eigenvalue weighted by Crippen LogP contribution is -2.46. The summed E-state index contributed by atoms with van der Waals surface area (Å²) >= 11 is 0. The van der Waals surface area contributed by atoms with Gasteiger partial charge in [-0.1, -0.05) is 42.5 Å². The topological polar surface area (TPSA) is 71.5 Å². The number of fused-ring (bicyclic) bond motifs is 1. The molecule has 0 saturated carbocycles. The second-order valence-corrected chi connectivity index (χ2v) is 10.0. The van der Waals surface area contributed by atoms with Crippen molar-refractivity contribution in [3.63, 3.8) is 0 Å². The highest BCUT2D eigenvalue weighted by atomic mass is 16.5. The molecule has 1 aliphatic heterocycles. The summed E-state index contributed by atoms with van der Waals surface area (Å²) in [5, 5.41) is 0. The van der Waals surface area contributed by atoms with E-state index in [1.165, 1.54) is 5.69 Å². The van der Waals surface area contributed by atoms with E-state index in [0.29, 0.717) is 12.8 Å². The van der Waals surface area contributed by atoms with Gasteiger partial charge < -0.3 is 14.5 Å². The number of hydrogen-bond donors (Lipinski definition) is 0. The molecule has 6 rings (SSSR count). The third-order valence-corrected chi connectivity index (χ3v) is 7.41. The quantitative estimate of drug-likeness (QED) is 0.267. The van der Waals surface area contributed by atoms with Crippen molar-refractivity contribution in [1.29, 1.82) is 0 Å². The van der Waals surface area contributed by atoms with Crippen molar-refractivity contribution in [1.82, 2.24) is 15.0 Å².